The highest BCUT2D eigenvalue weighted by molar-refractivity contribution is 9.10. The lowest BCUT2D eigenvalue weighted by molar-refractivity contribution is 0.379. The first-order valence-electron chi connectivity index (χ1n) is 7.18. The molecule has 1 aromatic heterocycles. The van der Waals surface area contributed by atoms with Crippen LogP contribution in [0.3, 0.4) is 0 Å². The minimum absolute atomic E-state index is 0.0197. The Bertz CT molecular complexity index is 546. The Morgan fingerprint density at radius 1 is 1.55 bits per heavy atom. The van der Waals surface area contributed by atoms with Crippen molar-refractivity contribution in [3.8, 4) is 0 Å². The molecule has 0 aliphatic heterocycles. The monoisotopic (exact) mass is 357 g/mol. The molecule has 0 bridgehead atoms. The maximum Gasteiger partial charge on any atom is 0.283 e. The number of hydrogen-bond acceptors (Lipinski definition) is 4. The molecule has 1 heterocycles. The van der Waals surface area contributed by atoms with E-state index < -0.39 is 0 Å². The summed E-state index contributed by atoms with van der Waals surface area (Å²) >= 11 is 5.35. The molecule has 0 aromatic carbocycles. The van der Waals surface area contributed by atoms with Crippen LogP contribution >= 0.6 is 27.7 Å². The van der Waals surface area contributed by atoms with Crippen LogP contribution in [-0.2, 0) is 6.54 Å². The summed E-state index contributed by atoms with van der Waals surface area (Å²) in [5, 5.41) is 7.69. The molecule has 1 N–H and O–H groups in total. The molecule has 0 amide bonds. The van der Waals surface area contributed by atoms with Crippen molar-refractivity contribution < 1.29 is 0 Å². The molecular formula is C14H20BrN3OS. The molecule has 2 fully saturated rings. The number of rotatable bonds is 6. The summed E-state index contributed by atoms with van der Waals surface area (Å²) in [7, 11) is 0. The van der Waals surface area contributed by atoms with Gasteiger partial charge in [0, 0.05) is 17.8 Å². The van der Waals surface area contributed by atoms with Crippen molar-refractivity contribution >= 4 is 33.4 Å². The first-order chi connectivity index (χ1) is 9.63. The van der Waals surface area contributed by atoms with Crippen LogP contribution in [0.1, 0.15) is 32.1 Å². The van der Waals surface area contributed by atoms with Gasteiger partial charge in [-0.2, -0.15) is 16.9 Å². The van der Waals surface area contributed by atoms with E-state index >= 15 is 0 Å². The second-order valence-electron chi connectivity index (χ2n) is 5.90. The molecule has 20 heavy (non-hydrogen) atoms. The summed E-state index contributed by atoms with van der Waals surface area (Å²) in [6.45, 7) is 1.66. The van der Waals surface area contributed by atoms with Crippen LogP contribution in [0.4, 0.5) is 5.69 Å². The SMILES string of the molecule is CSC1(CNc2cnn(CC3CC3)c(=O)c2Br)CCC1. The first kappa shape index (κ1) is 14.4. The minimum atomic E-state index is -0.0197. The minimum Gasteiger partial charge on any atom is -0.381 e. The third-order valence-electron chi connectivity index (χ3n) is 4.41. The second-order valence-corrected chi connectivity index (χ2v) is 7.96. The van der Waals surface area contributed by atoms with E-state index in [0.717, 1.165) is 18.8 Å². The van der Waals surface area contributed by atoms with Gasteiger partial charge in [-0.1, -0.05) is 6.42 Å². The van der Waals surface area contributed by atoms with Gasteiger partial charge in [0.25, 0.3) is 5.56 Å². The highest BCUT2D eigenvalue weighted by atomic mass is 79.9. The zero-order valence-corrected chi connectivity index (χ0v) is 14.1. The number of halogens is 1. The molecule has 1 aromatic rings. The van der Waals surface area contributed by atoms with Crippen molar-refractivity contribution in [1.82, 2.24) is 9.78 Å². The van der Waals surface area contributed by atoms with Crippen molar-refractivity contribution in [3.63, 3.8) is 0 Å². The molecule has 4 nitrogen and oxygen atoms in total. The van der Waals surface area contributed by atoms with Crippen LogP contribution in [0.15, 0.2) is 15.5 Å². The zero-order valence-electron chi connectivity index (χ0n) is 11.7. The molecule has 0 unspecified atom stereocenters. The Morgan fingerprint density at radius 2 is 2.30 bits per heavy atom. The summed E-state index contributed by atoms with van der Waals surface area (Å²) < 4.78 is 2.55. The van der Waals surface area contributed by atoms with Gasteiger partial charge in [-0.15, -0.1) is 0 Å². The third kappa shape index (κ3) is 2.91. The molecule has 0 radical (unpaired) electrons. The zero-order chi connectivity index (χ0) is 14.2. The Kier molecular flexibility index (Phi) is 4.13. The largest absolute Gasteiger partial charge is 0.381 e. The lowest BCUT2D eigenvalue weighted by Crippen LogP contribution is -2.40. The van der Waals surface area contributed by atoms with Gasteiger partial charge in [0.15, 0.2) is 0 Å². The molecule has 2 aliphatic carbocycles. The van der Waals surface area contributed by atoms with Crippen LogP contribution in [0.2, 0.25) is 0 Å². The molecular weight excluding hydrogens is 338 g/mol. The van der Waals surface area contributed by atoms with Gasteiger partial charge >= 0.3 is 0 Å². The van der Waals surface area contributed by atoms with Crippen LogP contribution in [-0.4, -0.2) is 27.3 Å². The molecule has 110 valence electrons. The Morgan fingerprint density at radius 3 is 2.85 bits per heavy atom. The third-order valence-corrected chi connectivity index (χ3v) is 6.60. The second kappa shape index (κ2) is 5.72. The molecule has 0 saturated heterocycles. The van der Waals surface area contributed by atoms with E-state index in [1.807, 2.05) is 11.8 Å². The van der Waals surface area contributed by atoms with E-state index in [2.05, 4.69) is 32.6 Å². The highest BCUT2D eigenvalue weighted by Crippen LogP contribution is 2.42. The van der Waals surface area contributed by atoms with Gasteiger partial charge in [-0.3, -0.25) is 4.79 Å². The Hall–Kier alpha value is -0.490. The van der Waals surface area contributed by atoms with E-state index in [9.17, 15) is 4.79 Å². The van der Waals surface area contributed by atoms with E-state index in [4.69, 9.17) is 0 Å². The van der Waals surface area contributed by atoms with Crippen molar-refractivity contribution in [2.24, 2.45) is 5.92 Å². The lowest BCUT2D eigenvalue weighted by atomic mass is 9.84. The van der Waals surface area contributed by atoms with Gasteiger partial charge in [0.2, 0.25) is 0 Å². The van der Waals surface area contributed by atoms with Crippen molar-refractivity contribution in [1.29, 1.82) is 0 Å². The van der Waals surface area contributed by atoms with Crippen molar-refractivity contribution in [2.45, 2.75) is 43.4 Å². The molecule has 0 atom stereocenters. The maximum atomic E-state index is 12.2. The van der Waals surface area contributed by atoms with Gasteiger partial charge in [0.05, 0.1) is 11.9 Å². The van der Waals surface area contributed by atoms with E-state index in [-0.39, 0.29) is 5.56 Å². The quantitative estimate of drug-likeness (QED) is 0.849. The smallest absolute Gasteiger partial charge is 0.283 e. The van der Waals surface area contributed by atoms with E-state index in [1.165, 1.54) is 32.1 Å². The number of aromatic nitrogens is 2. The summed E-state index contributed by atoms with van der Waals surface area (Å²) in [4.78, 5) is 12.2. The number of anilines is 1. The van der Waals surface area contributed by atoms with Gasteiger partial charge in [0.1, 0.15) is 4.47 Å². The normalized spacial score (nSPS) is 20.5. The number of nitrogens with one attached hydrogen (secondary N) is 1. The molecule has 3 rings (SSSR count). The number of nitrogens with zero attached hydrogens (tertiary/aromatic N) is 2. The van der Waals surface area contributed by atoms with E-state index in [1.54, 1.807) is 10.9 Å². The lowest BCUT2D eigenvalue weighted by Gasteiger charge is -2.40. The molecule has 2 saturated carbocycles. The Labute approximate surface area is 131 Å². The maximum absolute atomic E-state index is 12.2. The first-order valence-corrected chi connectivity index (χ1v) is 9.20. The van der Waals surface area contributed by atoms with Crippen LogP contribution in [0.5, 0.6) is 0 Å². The molecule has 0 spiro atoms. The van der Waals surface area contributed by atoms with Gasteiger partial charge in [-0.25, -0.2) is 4.68 Å². The summed E-state index contributed by atoms with van der Waals surface area (Å²) in [5.74, 6) is 0.653. The number of thioether (sulfide) groups is 1. The van der Waals surface area contributed by atoms with Gasteiger partial charge < -0.3 is 5.32 Å². The average Bonchev–Trinajstić information content (AvgIpc) is 3.20. The van der Waals surface area contributed by atoms with Crippen LogP contribution < -0.4 is 10.9 Å². The molecule has 6 heteroatoms. The summed E-state index contributed by atoms with van der Waals surface area (Å²) in [5.41, 5.74) is 0.802. The van der Waals surface area contributed by atoms with Crippen LogP contribution in [0, 0.1) is 5.92 Å². The fourth-order valence-electron chi connectivity index (χ4n) is 2.54. The highest BCUT2D eigenvalue weighted by Gasteiger charge is 2.36. The predicted octanol–water partition coefficient (Wildman–Crippen LogP) is 3.11. The number of hydrogen-bond donors (Lipinski definition) is 1. The van der Waals surface area contributed by atoms with E-state index in [0.29, 0.717) is 15.1 Å². The van der Waals surface area contributed by atoms with Crippen LogP contribution in [0.25, 0.3) is 0 Å². The standard InChI is InChI=1S/C14H20BrN3OS/c1-20-14(5-2-6-14)9-16-11-7-17-18(8-10-3-4-10)13(19)12(11)15/h7,10,16H,2-6,8-9H2,1H3. The van der Waals surface area contributed by atoms with Crippen molar-refractivity contribution in [2.75, 3.05) is 18.1 Å². The Balaban J connectivity index is 1.70. The summed E-state index contributed by atoms with van der Waals surface area (Å²) in [6.07, 6.45) is 10.2. The predicted molar refractivity (Wildman–Crippen MR) is 87.5 cm³/mol. The molecule has 2 aliphatic rings. The fourth-order valence-corrected chi connectivity index (χ4v) is 3.90. The van der Waals surface area contributed by atoms with Crippen molar-refractivity contribution in [3.05, 3.63) is 21.0 Å². The summed E-state index contributed by atoms with van der Waals surface area (Å²) in [6, 6.07) is 0. The topological polar surface area (TPSA) is 46.9 Å². The average molecular weight is 358 g/mol. The fraction of sp³-hybridized carbons (Fsp3) is 0.714. The van der Waals surface area contributed by atoms with Gasteiger partial charge in [-0.05, 0) is 53.8 Å².